The lowest BCUT2D eigenvalue weighted by molar-refractivity contribution is -0.138. The molecular weight excluding hydrogens is 262 g/mol. The van der Waals surface area contributed by atoms with E-state index in [9.17, 15) is 4.79 Å². The Balaban J connectivity index is 1.82. The van der Waals surface area contributed by atoms with E-state index in [0.717, 1.165) is 57.7 Å². The summed E-state index contributed by atoms with van der Waals surface area (Å²) < 4.78 is 0. The molecule has 0 bridgehead atoms. The van der Waals surface area contributed by atoms with Crippen LogP contribution in [-0.4, -0.2) is 55.0 Å². The highest BCUT2D eigenvalue weighted by Gasteiger charge is 2.32. The van der Waals surface area contributed by atoms with Crippen LogP contribution in [0.2, 0.25) is 0 Å². The minimum absolute atomic E-state index is 0.105. The minimum atomic E-state index is -0.105. The van der Waals surface area contributed by atoms with Crippen LogP contribution < -0.4 is 5.32 Å². The molecule has 0 radical (unpaired) electrons. The van der Waals surface area contributed by atoms with Crippen molar-refractivity contribution in [1.82, 2.24) is 15.1 Å². The zero-order chi connectivity index (χ0) is 14.5. The van der Waals surface area contributed by atoms with Crippen LogP contribution >= 0.6 is 0 Å². The van der Waals surface area contributed by atoms with Crippen molar-refractivity contribution in [2.45, 2.75) is 25.3 Å². The molecule has 1 unspecified atom stereocenters. The number of nitrogens with one attached hydrogen (secondary N) is 1. The number of rotatable bonds is 3. The summed E-state index contributed by atoms with van der Waals surface area (Å²) in [5, 5.41) is 3.37. The van der Waals surface area contributed by atoms with Crippen molar-refractivity contribution in [2.75, 3.05) is 39.3 Å². The second-order valence-electron chi connectivity index (χ2n) is 5.99. The Morgan fingerprint density at radius 3 is 2.29 bits per heavy atom. The first kappa shape index (κ1) is 14.5. The highest BCUT2D eigenvalue weighted by Crippen LogP contribution is 2.25. The molecule has 4 nitrogen and oxygen atoms in total. The van der Waals surface area contributed by atoms with Gasteiger partial charge in [0.15, 0.2) is 0 Å². The monoisotopic (exact) mass is 287 g/mol. The molecule has 0 spiro atoms. The highest BCUT2D eigenvalue weighted by molar-refractivity contribution is 5.83. The fourth-order valence-electron chi connectivity index (χ4n) is 3.37. The number of carbonyl (C=O) groups is 1. The van der Waals surface area contributed by atoms with Crippen LogP contribution in [0.4, 0.5) is 0 Å². The van der Waals surface area contributed by atoms with Gasteiger partial charge in [-0.2, -0.15) is 0 Å². The Morgan fingerprint density at radius 1 is 0.952 bits per heavy atom. The molecule has 0 aliphatic carbocycles. The van der Waals surface area contributed by atoms with E-state index in [1.807, 2.05) is 18.2 Å². The van der Waals surface area contributed by atoms with Crippen molar-refractivity contribution in [3.05, 3.63) is 35.9 Å². The lowest BCUT2D eigenvalue weighted by atomic mass is 10.0. The van der Waals surface area contributed by atoms with Crippen molar-refractivity contribution in [2.24, 2.45) is 0 Å². The average Bonchev–Trinajstić information content (AvgIpc) is 2.58. The topological polar surface area (TPSA) is 35.6 Å². The Morgan fingerprint density at radius 2 is 1.62 bits per heavy atom. The van der Waals surface area contributed by atoms with E-state index in [2.05, 4.69) is 27.2 Å². The minimum Gasteiger partial charge on any atom is -0.341 e. The third kappa shape index (κ3) is 3.44. The smallest absolute Gasteiger partial charge is 0.244 e. The summed E-state index contributed by atoms with van der Waals surface area (Å²) >= 11 is 0. The molecule has 1 aromatic rings. The summed E-state index contributed by atoms with van der Waals surface area (Å²) in [6.07, 6.45) is 3.55. The van der Waals surface area contributed by atoms with E-state index in [0.29, 0.717) is 5.91 Å². The van der Waals surface area contributed by atoms with Crippen LogP contribution in [-0.2, 0) is 4.79 Å². The fraction of sp³-hybridized carbons (Fsp3) is 0.588. The zero-order valence-electron chi connectivity index (χ0n) is 12.6. The summed E-state index contributed by atoms with van der Waals surface area (Å²) in [5.41, 5.74) is 1.13. The largest absolute Gasteiger partial charge is 0.341 e. The Labute approximate surface area is 127 Å². The van der Waals surface area contributed by atoms with E-state index in [-0.39, 0.29) is 6.04 Å². The van der Waals surface area contributed by atoms with Crippen LogP contribution in [0.1, 0.15) is 30.9 Å². The molecule has 2 aliphatic heterocycles. The normalized spacial score (nSPS) is 22.0. The lowest BCUT2D eigenvalue weighted by Gasteiger charge is -2.38. The molecule has 4 heteroatoms. The van der Waals surface area contributed by atoms with Gasteiger partial charge >= 0.3 is 0 Å². The summed E-state index contributed by atoms with van der Waals surface area (Å²) in [7, 11) is 0. The van der Waals surface area contributed by atoms with Gasteiger partial charge in [0.05, 0.1) is 0 Å². The van der Waals surface area contributed by atoms with E-state index < -0.39 is 0 Å². The van der Waals surface area contributed by atoms with E-state index in [4.69, 9.17) is 0 Å². The number of benzene rings is 1. The molecule has 2 fully saturated rings. The Kier molecular flexibility index (Phi) is 4.88. The van der Waals surface area contributed by atoms with Crippen LogP contribution in [0.5, 0.6) is 0 Å². The van der Waals surface area contributed by atoms with Gasteiger partial charge in [0.2, 0.25) is 5.91 Å². The molecule has 1 N–H and O–H groups in total. The van der Waals surface area contributed by atoms with Gasteiger partial charge in [0, 0.05) is 39.3 Å². The standard InChI is InChI=1S/C17H25N3O/c21-17(20-11-5-2-6-12-20)16(15-7-3-1-4-8-15)19-13-9-18-10-14-19/h1,3-4,7-8,16,18H,2,5-6,9-14H2. The quantitative estimate of drug-likeness (QED) is 0.918. The average molecular weight is 287 g/mol. The van der Waals surface area contributed by atoms with Crippen molar-refractivity contribution < 1.29 is 4.79 Å². The van der Waals surface area contributed by atoms with E-state index in [1.54, 1.807) is 0 Å². The number of amides is 1. The van der Waals surface area contributed by atoms with Crippen LogP contribution in [0, 0.1) is 0 Å². The molecule has 0 aromatic heterocycles. The second-order valence-corrected chi connectivity index (χ2v) is 5.99. The van der Waals surface area contributed by atoms with Gasteiger partial charge in [-0.3, -0.25) is 9.69 Å². The number of hydrogen-bond acceptors (Lipinski definition) is 3. The molecule has 21 heavy (non-hydrogen) atoms. The van der Waals surface area contributed by atoms with Crippen molar-refractivity contribution in [3.8, 4) is 0 Å². The predicted octanol–water partition coefficient (Wildman–Crippen LogP) is 1.65. The first-order chi connectivity index (χ1) is 10.4. The lowest BCUT2D eigenvalue weighted by Crippen LogP contribution is -2.51. The van der Waals surface area contributed by atoms with Crippen LogP contribution in [0.15, 0.2) is 30.3 Å². The van der Waals surface area contributed by atoms with Crippen LogP contribution in [0.3, 0.4) is 0 Å². The number of likely N-dealkylation sites (tertiary alicyclic amines) is 1. The maximum atomic E-state index is 13.1. The maximum absolute atomic E-state index is 13.1. The molecule has 1 amide bonds. The molecular formula is C17H25N3O. The number of carbonyl (C=O) groups excluding carboxylic acids is 1. The molecule has 114 valence electrons. The maximum Gasteiger partial charge on any atom is 0.244 e. The number of piperidine rings is 1. The number of nitrogens with zero attached hydrogens (tertiary/aromatic N) is 2. The van der Waals surface area contributed by atoms with E-state index >= 15 is 0 Å². The van der Waals surface area contributed by atoms with Gasteiger partial charge in [-0.15, -0.1) is 0 Å². The van der Waals surface area contributed by atoms with Gasteiger partial charge in [0.1, 0.15) is 6.04 Å². The molecule has 2 heterocycles. The van der Waals surface area contributed by atoms with Gasteiger partial charge in [-0.1, -0.05) is 30.3 Å². The molecule has 2 saturated heterocycles. The summed E-state index contributed by atoms with van der Waals surface area (Å²) in [4.78, 5) is 17.5. The third-order valence-corrected chi connectivity index (χ3v) is 4.53. The van der Waals surface area contributed by atoms with Crippen LogP contribution in [0.25, 0.3) is 0 Å². The summed E-state index contributed by atoms with van der Waals surface area (Å²) in [5.74, 6) is 0.294. The Bertz CT molecular complexity index is 450. The molecule has 3 rings (SSSR count). The third-order valence-electron chi connectivity index (χ3n) is 4.53. The summed E-state index contributed by atoms with van der Waals surface area (Å²) in [6.45, 7) is 5.67. The zero-order valence-corrected chi connectivity index (χ0v) is 12.6. The van der Waals surface area contributed by atoms with Gasteiger partial charge in [-0.05, 0) is 24.8 Å². The van der Waals surface area contributed by atoms with Crippen molar-refractivity contribution in [1.29, 1.82) is 0 Å². The predicted molar refractivity (Wildman–Crippen MR) is 84.1 cm³/mol. The molecule has 1 atom stereocenters. The SMILES string of the molecule is O=C(C(c1ccccc1)N1CCNCC1)N1CCCCC1. The van der Waals surface area contributed by atoms with Crippen molar-refractivity contribution in [3.63, 3.8) is 0 Å². The second kappa shape index (κ2) is 7.05. The first-order valence-corrected chi connectivity index (χ1v) is 8.15. The number of piperazine rings is 1. The van der Waals surface area contributed by atoms with Gasteiger partial charge in [0.25, 0.3) is 0 Å². The van der Waals surface area contributed by atoms with Gasteiger partial charge < -0.3 is 10.2 Å². The van der Waals surface area contributed by atoms with Crippen molar-refractivity contribution >= 4 is 5.91 Å². The van der Waals surface area contributed by atoms with Gasteiger partial charge in [-0.25, -0.2) is 0 Å². The number of hydrogen-bond donors (Lipinski definition) is 1. The molecule has 0 saturated carbocycles. The fourth-order valence-corrected chi connectivity index (χ4v) is 3.37. The highest BCUT2D eigenvalue weighted by atomic mass is 16.2. The Hall–Kier alpha value is -1.39. The summed E-state index contributed by atoms with van der Waals surface area (Å²) in [6, 6.07) is 10.2. The molecule has 1 aromatic carbocycles. The van der Waals surface area contributed by atoms with E-state index in [1.165, 1.54) is 6.42 Å². The first-order valence-electron chi connectivity index (χ1n) is 8.15. The molecule has 2 aliphatic rings.